The molecule has 2 aliphatic heterocycles. The number of phenolic OH excluding ortho intramolecular Hbond substituents is 1. The molecule has 1 saturated heterocycles. The zero-order chi connectivity index (χ0) is 23.3. The van der Waals surface area contributed by atoms with Gasteiger partial charge in [0.05, 0.1) is 18.2 Å². The molecule has 0 amide bonds. The van der Waals surface area contributed by atoms with Crippen molar-refractivity contribution in [3.63, 3.8) is 0 Å². The van der Waals surface area contributed by atoms with Crippen LogP contribution in [0.1, 0.15) is 46.8 Å². The van der Waals surface area contributed by atoms with E-state index in [4.69, 9.17) is 9.47 Å². The topological polar surface area (TPSA) is 63.9 Å². The quantitative estimate of drug-likeness (QED) is 0.568. The molecule has 0 radical (unpaired) electrons. The monoisotopic (exact) mass is 446 g/mol. The van der Waals surface area contributed by atoms with Crippen LogP contribution in [0.15, 0.2) is 36.2 Å². The lowest BCUT2D eigenvalue weighted by Crippen LogP contribution is -2.33. The zero-order valence-corrected chi connectivity index (χ0v) is 19.6. The van der Waals surface area contributed by atoms with Crippen LogP contribution in [0.2, 0.25) is 0 Å². The number of phenols is 1. The Bertz CT molecular complexity index is 1290. The second kappa shape index (κ2) is 8.27. The fourth-order valence-electron chi connectivity index (χ4n) is 5.17. The molecule has 1 N–H and O–H groups in total. The van der Waals surface area contributed by atoms with E-state index in [1.54, 1.807) is 19.3 Å². The number of allylic oxidation sites excluding steroid dienone is 1. The van der Waals surface area contributed by atoms with Crippen LogP contribution in [0.25, 0.3) is 17.0 Å². The first-order chi connectivity index (χ1) is 15.9. The number of carbonyl (C=O) groups excluding carboxylic acids is 1. The molecule has 172 valence electrons. The second-order valence-corrected chi connectivity index (χ2v) is 9.40. The summed E-state index contributed by atoms with van der Waals surface area (Å²) in [5.74, 6) is 2.21. The number of aromatic hydroxyl groups is 1. The summed E-state index contributed by atoms with van der Waals surface area (Å²) in [5, 5.41) is 11.7. The van der Waals surface area contributed by atoms with E-state index in [1.807, 2.05) is 42.9 Å². The first-order valence-electron chi connectivity index (χ1n) is 11.5. The summed E-state index contributed by atoms with van der Waals surface area (Å²) in [6, 6.07) is 7.58. The van der Waals surface area contributed by atoms with Crippen molar-refractivity contribution in [2.45, 2.75) is 33.2 Å². The normalized spacial score (nSPS) is 19.8. The first kappa shape index (κ1) is 21.6. The largest absolute Gasteiger partial charge is 0.507 e. The summed E-state index contributed by atoms with van der Waals surface area (Å²) in [5.41, 5.74) is 3.90. The molecule has 1 aromatic heterocycles. The summed E-state index contributed by atoms with van der Waals surface area (Å²) in [6.07, 6.45) is 6.15. The molecule has 1 unspecified atom stereocenters. The van der Waals surface area contributed by atoms with Crippen molar-refractivity contribution < 1.29 is 19.4 Å². The summed E-state index contributed by atoms with van der Waals surface area (Å²) < 4.78 is 13.6. The lowest BCUT2D eigenvalue weighted by molar-refractivity contribution is 0.101. The zero-order valence-electron chi connectivity index (χ0n) is 19.6. The maximum Gasteiger partial charge on any atom is 0.232 e. The lowest BCUT2D eigenvalue weighted by Gasteiger charge is -2.31. The highest BCUT2D eigenvalue weighted by Gasteiger charge is 2.34. The number of rotatable bonds is 4. The smallest absolute Gasteiger partial charge is 0.232 e. The van der Waals surface area contributed by atoms with E-state index in [2.05, 4.69) is 11.8 Å². The van der Waals surface area contributed by atoms with Crippen LogP contribution < -0.4 is 9.47 Å². The highest BCUT2D eigenvalue weighted by Crippen LogP contribution is 2.43. The number of carbonyl (C=O) groups is 1. The van der Waals surface area contributed by atoms with Crippen molar-refractivity contribution in [3.05, 3.63) is 58.5 Å². The number of likely N-dealkylation sites (tertiary alicyclic amines) is 1. The third-order valence-electron chi connectivity index (χ3n) is 6.86. The fourth-order valence-corrected chi connectivity index (χ4v) is 5.17. The van der Waals surface area contributed by atoms with Crippen LogP contribution in [0, 0.1) is 12.8 Å². The maximum absolute atomic E-state index is 13.4. The minimum absolute atomic E-state index is 0.143. The fraction of sp³-hybridized carbons (Fsp3) is 0.370. The average Bonchev–Trinajstić information content (AvgIpc) is 3.28. The Labute approximate surface area is 194 Å². The molecule has 0 spiro atoms. The molecule has 0 bridgehead atoms. The number of aromatic nitrogens is 1. The first-order valence-corrected chi connectivity index (χ1v) is 11.5. The maximum atomic E-state index is 13.4. The predicted molar refractivity (Wildman–Crippen MR) is 129 cm³/mol. The Kier molecular flexibility index (Phi) is 5.41. The van der Waals surface area contributed by atoms with Gasteiger partial charge >= 0.3 is 0 Å². The number of ketones is 1. The summed E-state index contributed by atoms with van der Waals surface area (Å²) in [7, 11) is 3.62. The number of methoxy groups -OCH3 is 1. The van der Waals surface area contributed by atoms with E-state index in [1.165, 1.54) is 6.42 Å². The SMILES string of the molecule is COc1ccc2c(c1)c(/C=C1/Oc3c(CN4CCCC(C)C4)c(O)cc(C)c3C1=O)cn2C. The Hall–Kier alpha value is -3.25. The number of ether oxygens (including phenoxy) is 2. The number of fused-ring (bicyclic) bond motifs is 2. The Morgan fingerprint density at radius 2 is 2.12 bits per heavy atom. The molecule has 6 heteroatoms. The lowest BCUT2D eigenvalue weighted by atomic mass is 9.97. The van der Waals surface area contributed by atoms with Crippen molar-refractivity contribution in [2.24, 2.45) is 13.0 Å². The molecule has 6 nitrogen and oxygen atoms in total. The minimum Gasteiger partial charge on any atom is -0.507 e. The highest BCUT2D eigenvalue weighted by molar-refractivity contribution is 6.16. The number of aryl methyl sites for hydroxylation is 2. The average molecular weight is 447 g/mol. The van der Waals surface area contributed by atoms with Gasteiger partial charge in [-0.2, -0.15) is 0 Å². The van der Waals surface area contributed by atoms with Crippen LogP contribution in [0.3, 0.4) is 0 Å². The van der Waals surface area contributed by atoms with Crippen LogP contribution >= 0.6 is 0 Å². The van der Waals surface area contributed by atoms with Gasteiger partial charge in [0.1, 0.15) is 17.2 Å². The Morgan fingerprint density at radius 3 is 2.88 bits per heavy atom. The standard InChI is InChI=1S/C27H30N2O4/c1-16-6-5-9-29(13-16)15-21-23(30)10-17(2)25-26(31)24(33-27(21)25)11-18-14-28(3)22-8-7-19(32-4)12-20(18)22/h7-8,10-12,14,16,30H,5-6,9,13,15H2,1-4H3/b24-11+. The van der Waals surface area contributed by atoms with Gasteiger partial charge in [-0.25, -0.2) is 0 Å². The van der Waals surface area contributed by atoms with Crippen molar-refractivity contribution in [2.75, 3.05) is 20.2 Å². The number of nitrogens with zero attached hydrogens (tertiary/aromatic N) is 2. The highest BCUT2D eigenvalue weighted by atomic mass is 16.5. The van der Waals surface area contributed by atoms with Gasteiger partial charge in [-0.05, 0) is 68.1 Å². The summed E-state index contributed by atoms with van der Waals surface area (Å²) >= 11 is 0. The van der Waals surface area contributed by atoms with Crippen molar-refractivity contribution in [3.8, 4) is 17.2 Å². The molecular formula is C27H30N2O4. The van der Waals surface area contributed by atoms with Crippen LogP contribution in [0.4, 0.5) is 0 Å². The molecule has 3 heterocycles. The van der Waals surface area contributed by atoms with Crippen LogP contribution in [-0.2, 0) is 13.6 Å². The van der Waals surface area contributed by atoms with Gasteiger partial charge in [0.15, 0.2) is 5.76 Å². The molecule has 1 fully saturated rings. The number of benzene rings is 2. The predicted octanol–water partition coefficient (Wildman–Crippen LogP) is 5.05. The van der Waals surface area contributed by atoms with Gasteiger partial charge in [0.25, 0.3) is 0 Å². The number of hydrogen-bond acceptors (Lipinski definition) is 5. The van der Waals surface area contributed by atoms with Crippen molar-refractivity contribution in [1.29, 1.82) is 0 Å². The Morgan fingerprint density at radius 1 is 1.30 bits per heavy atom. The molecular weight excluding hydrogens is 416 g/mol. The minimum atomic E-state index is -0.143. The van der Waals surface area contributed by atoms with Gasteiger partial charge in [-0.3, -0.25) is 9.69 Å². The number of hydrogen-bond donors (Lipinski definition) is 1. The van der Waals surface area contributed by atoms with E-state index >= 15 is 0 Å². The molecule has 5 rings (SSSR count). The van der Waals surface area contributed by atoms with Gasteiger partial charge in [-0.1, -0.05) is 6.92 Å². The van der Waals surface area contributed by atoms with Crippen LogP contribution in [0.5, 0.6) is 17.2 Å². The van der Waals surface area contributed by atoms with E-state index in [0.29, 0.717) is 29.3 Å². The van der Waals surface area contributed by atoms with Gasteiger partial charge in [0.2, 0.25) is 5.78 Å². The number of Topliss-reactive ketones (excluding diaryl/α,β-unsaturated/α-hetero) is 1. The molecule has 0 saturated carbocycles. The molecule has 0 aliphatic carbocycles. The third kappa shape index (κ3) is 3.78. The van der Waals surface area contributed by atoms with Gasteiger partial charge in [-0.15, -0.1) is 0 Å². The second-order valence-electron chi connectivity index (χ2n) is 9.40. The van der Waals surface area contributed by atoms with E-state index in [-0.39, 0.29) is 17.3 Å². The molecule has 33 heavy (non-hydrogen) atoms. The summed E-state index contributed by atoms with van der Waals surface area (Å²) in [6.45, 7) is 6.65. The molecule has 1 atom stereocenters. The van der Waals surface area contributed by atoms with E-state index in [9.17, 15) is 9.90 Å². The summed E-state index contributed by atoms with van der Waals surface area (Å²) in [4.78, 5) is 15.7. The molecule has 2 aromatic carbocycles. The molecule has 3 aromatic rings. The third-order valence-corrected chi connectivity index (χ3v) is 6.86. The number of piperidine rings is 1. The van der Waals surface area contributed by atoms with E-state index in [0.717, 1.165) is 47.3 Å². The van der Waals surface area contributed by atoms with Crippen molar-refractivity contribution in [1.82, 2.24) is 9.47 Å². The van der Waals surface area contributed by atoms with E-state index < -0.39 is 0 Å². The van der Waals surface area contributed by atoms with Crippen molar-refractivity contribution >= 4 is 22.8 Å². The van der Waals surface area contributed by atoms with Crippen LogP contribution in [-0.4, -0.2) is 40.6 Å². The van der Waals surface area contributed by atoms with Gasteiger partial charge < -0.3 is 19.1 Å². The van der Waals surface area contributed by atoms with Gasteiger partial charge in [0, 0.05) is 42.8 Å². The Balaban J connectivity index is 1.54. The molecule has 2 aliphatic rings.